The topological polar surface area (TPSA) is 113 Å². The Hall–Kier alpha value is -4.46. The van der Waals surface area contributed by atoms with E-state index in [-0.39, 0.29) is 23.5 Å². The molecule has 1 fully saturated rings. The van der Waals surface area contributed by atoms with Crippen LogP contribution in [0.3, 0.4) is 0 Å². The fourth-order valence-electron chi connectivity index (χ4n) is 4.38. The van der Waals surface area contributed by atoms with Gasteiger partial charge in [0.2, 0.25) is 5.91 Å². The molecule has 0 aromatic heterocycles. The van der Waals surface area contributed by atoms with Crippen LogP contribution in [0.1, 0.15) is 29.5 Å². The molecule has 2 aliphatic rings. The van der Waals surface area contributed by atoms with Gasteiger partial charge in [-0.15, -0.1) is 0 Å². The van der Waals surface area contributed by atoms with Gasteiger partial charge in [-0.25, -0.2) is 0 Å². The molecule has 2 amide bonds. The molecule has 0 spiro atoms. The summed E-state index contributed by atoms with van der Waals surface area (Å²) in [5, 5.41) is 20.5. The summed E-state index contributed by atoms with van der Waals surface area (Å²) in [5.74, 6) is -0.229. The van der Waals surface area contributed by atoms with Gasteiger partial charge in [-0.3, -0.25) is 19.7 Å². The highest BCUT2D eigenvalue weighted by Crippen LogP contribution is 2.39. The molecular formula is C26H22N4O4. The van der Waals surface area contributed by atoms with Crippen molar-refractivity contribution < 1.29 is 14.5 Å². The van der Waals surface area contributed by atoms with Crippen LogP contribution in [0.15, 0.2) is 72.8 Å². The summed E-state index contributed by atoms with van der Waals surface area (Å²) in [6.45, 7) is 0. The Morgan fingerprint density at radius 2 is 1.79 bits per heavy atom. The molecule has 2 heterocycles. The second-order valence-electron chi connectivity index (χ2n) is 8.39. The Morgan fingerprint density at radius 3 is 2.47 bits per heavy atom. The monoisotopic (exact) mass is 454 g/mol. The lowest BCUT2D eigenvalue weighted by atomic mass is 9.99. The molecule has 5 rings (SSSR count). The molecule has 0 aliphatic carbocycles. The number of carbonyl (C=O) groups excluding carboxylic acids is 2. The number of rotatable bonds is 6. The van der Waals surface area contributed by atoms with Crippen LogP contribution in [-0.2, 0) is 16.0 Å². The van der Waals surface area contributed by atoms with Gasteiger partial charge in [-0.05, 0) is 42.2 Å². The predicted octanol–water partition coefficient (Wildman–Crippen LogP) is 4.35. The Kier molecular flexibility index (Phi) is 5.55. The number of non-ortho nitro benzene ring substituents is 1. The average Bonchev–Trinajstić information content (AvgIpc) is 3.40. The number of anilines is 2. The second-order valence-corrected chi connectivity index (χ2v) is 8.39. The van der Waals surface area contributed by atoms with Crippen molar-refractivity contribution >= 4 is 40.1 Å². The lowest BCUT2D eigenvalue weighted by Crippen LogP contribution is -2.27. The molecule has 170 valence electrons. The normalized spacial score (nSPS) is 18.2. The maximum absolute atomic E-state index is 13.0. The molecule has 2 aliphatic heterocycles. The standard InChI is InChI=1S/C26H22N4O4/c31-23-13-10-19(27-23)14-16-6-8-18(9-7-16)28-25(17-4-2-1-3-5-17)24-21-15-20(30(33)34)11-12-22(21)29-26(24)32/h1-9,11-12,15,19,28H,10,13-14H2,(H,27,31)(H,29,32)/b25-24-. The number of nitro benzene ring substituents is 1. The smallest absolute Gasteiger partial charge is 0.270 e. The number of amides is 2. The van der Waals surface area contributed by atoms with Crippen LogP contribution in [-0.4, -0.2) is 22.8 Å². The van der Waals surface area contributed by atoms with Crippen molar-refractivity contribution in [1.29, 1.82) is 0 Å². The molecule has 1 saturated heterocycles. The number of fused-ring (bicyclic) bond motifs is 1. The van der Waals surface area contributed by atoms with Crippen molar-refractivity contribution in [2.45, 2.75) is 25.3 Å². The van der Waals surface area contributed by atoms with Gasteiger partial charge in [0.25, 0.3) is 11.6 Å². The van der Waals surface area contributed by atoms with Crippen LogP contribution < -0.4 is 16.0 Å². The Morgan fingerprint density at radius 1 is 1.03 bits per heavy atom. The minimum atomic E-state index is -0.470. The summed E-state index contributed by atoms with van der Waals surface area (Å²) in [4.78, 5) is 35.3. The predicted molar refractivity (Wildman–Crippen MR) is 130 cm³/mol. The summed E-state index contributed by atoms with van der Waals surface area (Å²) < 4.78 is 0. The van der Waals surface area contributed by atoms with E-state index in [1.54, 1.807) is 6.07 Å². The molecule has 0 radical (unpaired) electrons. The van der Waals surface area contributed by atoms with E-state index in [1.165, 1.54) is 12.1 Å². The molecule has 0 bridgehead atoms. The van der Waals surface area contributed by atoms with Gasteiger partial charge < -0.3 is 16.0 Å². The van der Waals surface area contributed by atoms with Gasteiger partial charge >= 0.3 is 0 Å². The van der Waals surface area contributed by atoms with E-state index >= 15 is 0 Å². The summed E-state index contributed by atoms with van der Waals surface area (Å²) in [7, 11) is 0. The molecule has 8 nitrogen and oxygen atoms in total. The number of nitrogens with zero attached hydrogens (tertiary/aromatic N) is 1. The first-order valence-corrected chi connectivity index (χ1v) is 11.0. The molecule has 1 unspecified atom stereocenters. The quantitative estimate of drug-likeness (QED) is 0.291. The van der Waals surface area contributed by atoms with Crippen LogP contribution in [0.4, 0.5) is 17.1 Å². The first kappa shape index (κ1) is 21.4. The molecule has 0 saturated carbocycles. The lowest BCUT2D eigenvalue weighted by molar-refractivity contribution is -0.384. The number of carbonyl (C=O) groups is 2. The Bertz CT molecular complexity index is 1320. The van der Waals surface area contributed by atoms with E-state index in [0.29, 0.717) is 28.9 Å². The van der Waals surface area contributed by atoms with E-state index in [0.717, 1.165) is 29.7 Å². The summed E-state index contributed by atoms with van der Waals surface area (Å²) in [5.41, 5.74) is 4.52. The molecule has 1 atom stereocenters. The summed E-state index contributed by atoms with van der Waals surface area (Å²) in [6.07, 6.45) is 2.17. The van der Waals surface area contributed by atoms with Gasteiger partial charge in [-0.2, -0.15) is 0 Å². The minimum Gasteiger partial charge on any atom is -0.354 e. The lowest BCUT2D eigenvalue weighted by Gasteiger charge is -2.16. The summed E-state index contributed by atoms with van der Waals surface area (Å²) >= 11 is 0. The first-order valence-electron chi connectivity index (χ1n) is 11.0. The second kappa shape index (κ2) is 8.82. The SMILES string of the molecule is O=C1CCC(Cc2ccc(N/C(=C3\C(=O)Nc4ccc([N+](=O)[O-])cc43)c3ccccc3)cc2)N1. The highest BCUT2D eigenvalue weighted by molar-refractivity contribution is 6.37. The molecule has 8 heteroatoms. The third kappa shape index (κ3) is 4.25. The van der Waals surface area contributed by atoms with E-state index in [1.807, 2.05) is 54.6 Å². The van der Waals surface area contributed by atoms with Crippen LogP contribution in [0.5, 0.6) is 0 Å². The third-order valence-corrected chi connectivity index (χ3v) is 6.06. The van der Waals surface area contributed by atoms with Crippen molar-refractivity contribution in [3.63, 3.8) is 0 Å². The Labute approximate surface area is 195 Å². The fourth-order valence-corrected chi connectivity index (χ4v) is 4.38. The maximum atomic E-state index is 13.0. The highest BCUT2D eigenvalue weighted by Gasteiger charge is 2.30. The largest absolute Gasteiger partial charge is 0.354 e. The minimum absolute atomic E-state index is 0.0801. The van der Waals surface area contributed by atoms with Crippen molar-refractivity contribution in [3.8, 4) is 0 Å². The highest BCUT2D eigenvalue weighted by atomic mass is 16.6. The van der Waals surface area contributed by atoms with Crippen molar-refractivity contribution in [2.75, 3.05) is 10.6 Å². The van der Waals surface area contributed by atoms with Gasteiger partial charge in [0.1, 0.15) is 0 Å². The number of nitrogens with one attached hydrogen (secondary N) is 3. The van der Waals surface area contributed by atoms with Crippen LogP contribution in [0.25, 0.3) is 11.3 Å². The van der Waals surface area contributed by atoms with E-state index < -0.39 is 4.92 Å². The molecule has 3 aromatic carbocycles. The van der Waals surface area contributed by atoms with Gasteiger partial charge in [-0.1, -0.05) is 42.5 Å². The number of benzene rings is 3. The third-order valence-electron chi connectivity index (χ3n) is 6.06. The van der Waals surface area contributed by atoms with Crippen LogP contribution in [0, 0.1) is 10.1 Å². The van der Waals surface area contributed by atoms with Crippen molar-refractivity contribution in [1.82, 2.24) is 5.32 Å². The molecule has 34 heavy (non-hydrogen) atoms. The zero-order chi connectivity index (χ0) is 23.7. The van der Waals surface area contributed by atoms with Gasteiger partial charge in [0.15, 0.2) is 0 Å². The Balaban J connectivity index is 1.51. The molecule has 3 N–H and O–H groups in total. The van der Waals surface area contributed by atoms with Crippen LogP contribution in [0.2, 0.25) is 0 Å². The van der Waals surface area contributed by atoms with Gasteiger partial charge in [0.05, 0.1) is 16.2 Å². The first-order chi connectivity index (χ1) is 16.5. The maximum Gasteiger partial charge on any atom is 0.270 e. The summed E-state index contributed by atoms with van der Waals surface area (Å²) in [6, 6.07) is 21.7. The van der Waals surface area contributed by atoms with Crippen LogP contribution >= 0.6 is 0 Å². The number of nitro groups is 1. The zero-order valence-corrected chi connectivity index (χ0v) is 18.2. The van der Waals surface area contributed by atoms with E-state index in [4.69, 9.17) is 0 Å². The van der Waals surface area contributed by atoms with E-state index in [9.17, 15) is 19.7 Å². The van der Waals surface area contributed by atoms with Crippen molar-refractivity contribution in [3.05, 3.63) is 99.6 Å². The van der Waals surface area contributed by atoms with Crippen molar-refractivity contribution in [2.24, 2.45) is 0 Å². The number of hydrogen-bond acceptors (Lipinski definition) is 5. The van der Waals surface area contributed by atoms with E-state index in [2.05, 4.69) is 16.0 Å². The fraction of sp³-hybridized carbons (Fsp3) is 0.154. The number of hydrogen-bond donors (Lipinski definition) is 3. The zero-order valence-electron chi connectivity index (χ0n) is 18.2. The van der Waals surface area contributed by atoms with Gasteiger partial charge in [0, 0.05) is 41.5 Å². The molecular weight excluding hydrogens is 432 g/mol. The average molecular weight is 454 g/mol. The molecule has 3 aromatic rings.